The van der Waals surface area contributed by atoms with E-state index in [2.05, 4.69) is 19.1 Å². The van der Waals surface area contributed by atoms with Crippen molar-refractivity contribution in [3.8, 4) is 0 Å². The number of piperidine rings is 1. The van der Waals surface area contributed by atoms with Gasteiger partial charge in [0.1, 0.15) is 11.8 Å². The zero-order valence-electron chi connectivity index (χ0n) is 20.4. The van der Waals surface area contributed by atoms with Crippen molar-refractivity contribution >= 4 is 17.6 Å². The molecule has 2 aliphatic rings. The molecule has 2 heterocycles. The number of Topliss-reactive ketones (excluding diaryl/α,β-unsaturated/α-hetero) is 1. The first-order valence-corrected chi connectivity index (χ1v) is 12.4. The van der Waals surface area contributed by atoms with Crippen molar-refractivity contribution in [2.24, 2.45) is 29.6 Å². The van der Waals surface area contributed by atoms with Crippen LogP contribution in [0.2, 0.25) is 0 Å². The van der Waals surface area contributed by atoms with Gasteiger partial charge in [-0.2, -0.15) is 0 Å². The van der Waals surface area contributed by atoms with Gasteiger partial charge in [-0.3, -0.25) is 14.4 Å². The molecule has 0 aromatic heterocycles. The van der Waals surface area contributed by atoms with Crippen LogP contribution in [0.5, 0.6) is 0 Å². The van der Waals surface area contributed by atoms with Crippen molar-refractivity contribution in [3.63, 3.8) is 0 Å². The molecule has 0 N–H and O–H groups in total. The fraction of sp³-hybridized carbons (Fsp3) is 0.667. The summed E-state index contributed by atoms with van der Waals surface area (Å²) in [5.74, 6) is 0.453. The lowest BCUT2D eigenvalue weighted by molar-refractivity contribution is -0.151. The number of rotatable bonds is 9. The van der Waals surface area contributed by atoms with Crippen molar-refractivity contribution in [3.05, 3.63) is 35.9 Å². The average molecular weight is 441 g/mol. The van der Waals surface area contributed by atoms with Gasteiger partial charge < -0.3 is 9.80 Å². The number of ketones is 1. The predicted octanol–water partition coefficient (Wildman–Crippen LogP) is 4.20. The number of benzene rings is 1. The Labute approximate surface area is 193 Å². The minimum atomic E-state index is -0.373. The molecule has 2 aliphatic heterocycles. The zero-order chi connectivity index (χ0) is 23.4. The van der Waals surface area contributed by atoms with Gasteiger partial charge in [0.2, 0.25) is 11.8 Å². The Bertz CT molecular complexity index is 806. The molecule has 1 aromatic carbocycles. The molecule has 0 aliphatic carbocycles. The Hall–Kier alpha value is -2.17. The number of hydrogen-bond donors (Lipinski definition) is 0. The normalized spacial score (nSPS) is 25.1. The van der Waals surface area contributed by atoms with Crippen LogP contribution in [0, 0.1) is 29.6 Å². The van der Waals surface area contributed by atoms with Gasteiger partial charge in [-0.15, -0.1) is 0 Å². The molecule has 0 bridgehead atoms. The fourth-order valence-corrected chi connectivity index (χ4v) is 5.29. The third-order valence-corrected chi connectivity index (χ3v) is 7.76. The highest BCUT2D eigenvalue weighted by molar-refractivity contribution is 5.92. The van der Waals surface area contributed by atoms with Crippen molar-refractivity contribution in [2.75, 3.05) is 19.6 Å². The highest BCUT2D eigenvalue weighted by Crippen LogP contribution is 2.38. The third kappa shape index (κ3) is 5.24. The van der Waals surface area contributed by atoms with Crippen LogP contribution in [0.3, 0.4) is 0 Å². The van der Waals surface area contributed by atoms with Gasteiger partial charge in [0.15, 0.2) is 0 Å². The smallest absolute Gasteiger partial charge is 0.245 e. The van der Waals surface area contributed by atoms with Gasteiger partial charge >= 0.3 is 0 Å². The first-order chi connectivity index (χ1) is 15.2. The Morgan fingerprint density at radius 3 is 2.44 bits per heavy atom. The Morgan fingerprint density at radius 2 is 1.81 bits per heavy atom. The molecule has 0 spiro atoms. The summed E-state index contributed by atoms with van der Waals surface area (Å²) in [4.78, 5) is 43.6. The molecule has 5 nitrogen and oxygen atoms in total. The molecule has 2 fully saturated rings. The van der Waals surface area contributed by atoms with Crippen molar-refractivity contribution in [1.82, 2.24) is 9.80 Å². The maximum absolute atomic E-state index is 13.7. The van der Waals surface area contributed by atoms with E-state index in [1.54, 1.807) is 0 Å². The van der Waals surface area contributed by atoms with Crippen molar-refractivity contribution < 1.29 is 14.4 Å². The minimum absolute atomic E-state index is 0.00531. The number of carbonyl (C=O) groups excluding carboxylic acids is 3. The lowest BCUT2D eigenvalue weighted by atomic mass is 9.84. The molecular formula is C27H40N2O3. The van der Waals surface area contributed by atoms with E-state index in [0.717, 1.165) is 25.8 Å². The second-order valence-corrected chi connectivity index (χ2v) is 10.3. The molecular weight excluding hydrogens is 400 g/mol. The van der Waals surface area contributed by atoms with Gasteiger partial charge in [0, 0.05) is 37.9 Å². The van der Waals surface area contributed by atoms with E-state index in [9.17, 15) is 14.4 Å². The third-order valence-electron chi connectivity index (χ3n) is 7.76. The van der Waals surface area contributed by atoms with E-state index in [1.807, 2.05) is 55.7 Å². The van der Waals surface area contributed by atoms with E-state index in [1.165, 1.54) is 5.56 Å². The second-order valence-electron chi connectivity index (χ2n) is 10.3. The van der Waals surface area contributed by atoms with Gasteiger partial charge in [-0.05, 0) is 42.6 Å². The summed E-state index contributed by atoms with van der Waals surface area (Å²) in [7, 11) is 0. The topological polar surface area (TPSA) is 57.7 Å². The first-order valence-electron chi connectivity index (χ1n) is 12.4. The predicted molar refractivity (Wildman–Crippen MR) is 127 cm³/mol. The van der Waals surface area contributed by atoms with Crippen LogP contribution in [-0.2, 0) is 20.8 Å². The summed E-state index contributed by atoms with van der Waals surface area (Å²) < 4.78 is 0. The molecule has 176 valence electrons. The monoisotopic (exact) mass is 440 g/mol. The van der Waals surface area contributed by atoms with E-state index in [0.29, 0.717) is 19.0 Å². The molecule has 1 aromatic rings. The van der Waals surface area contributed by atoms with Gasteiger partial charge in [0.05, 0.1) is 0 Å². The van der Waals surface area contributed by atoms with Gasteiger partial charge in [-0.25, -0.2) is 0 Å². The van der Waals surface area contributed by atoms with E-state index >= 15 is 0 Å². The number of fused-ring (bicyclic) bond motifs is 1. The number of likely N-dealkylation sites (tertiary alicyclic amines) is 2. The molecule has 0 saturated carbocycles. The lowest BCUT2D eigenvalue weighted by Gasteiger charge is -2.39. The molecule has 2 amide bonds. The second kappa shape index (κ2) is 10.6. The SMILES string of the molecule is CC[C@@H](C)C(=O)C[C@H](C(=O)N1C[C@@H](C)[C@@H]2CCN(CCc3ccccc3)C(=O)[C@@H]21)C(C)C. The van der Waals surface area contributed by atoms with Crippen LogP contribution in [0.15, 0.2) is 30.3 Å². The zero-order valence-corrected chi connectivity index (χ0v) is 20.4. The summed E-state index contributed by atoms with van der Waals surface area (Å²) >= 11 is 0. The van der Waals surface area contributed by atoms with E-state index in [-0.39, 0.29) is 53.7 Å². The average Bonchev–Trinajstić information content (AvgIpc) is 3.13. The van der Waals surface area contributed by atoms with Gasteiger partial charge in [-0.1, -0.05) is 65.0 Å². The van der Waals surface area contributed by atoms with Gasteiger partial charge in [0.25, 0.3) is 0 Å². The van der Waals surface area contributed by atoms with Crippen molar-refractivity contribution in [1.29, 1.82) is 0 Å². The minimum Gasteiger partial charge on any atom is -0.341 e. The fourth-order valence-electron chi connectivity index (χ4n) is 5.29. The summed E-state index contributed by atoms with van der Waals surface area (Å²) in [6.07, 6.45) is 2.83. The summed E-state index contributed by atoms with van der Waals surface area (Å²) in [5.41, 5.74) is 1.22. The van der Waals surface area contributed by atoms with Crippen LogP contribution < -0.4 is 0 Å². The lowest BCUT2D eigenvalue weighted by Crippen LogP contribution is -2.56. The van der Waals surface area contributed by atoms with Crippen LogP contribution in [0.25, 0.3) is 0 Å². The van der Waals surface area contributed by atoms with Crippen LogP contribution in [0.1, 0.15) is 59.4 Å². The summed E-state index contributed by atoms with van der Waals surface area (Å²) in [6, 6.07) is 9.85. The Kier molecular flexibility index (Phi) is 8.13. The van der Waals surface area contributed by atoms with E-state index < -0.39 is 0 Å². The maximum atomic E-state index is 13.7. The van der Waals surface area contributed by atoms with E-state index in [4.69, 9.17) is 0 Å². The largest absolute Gasteiger partial charge is 0.341 e. The molecule has 0 radical (unpaired) electrons. The number of hydrogen-bond acceptors (Lipinski definition) is 3. The van der Waals surface area contributed by atoms with Crippen LogP contribution in [-0.4, -0.2) is 53.1 Å². The molecule has 0 unspecified atom stereocenters. The maximum Gasteiger partial charge on any atom is 0.245 e. The van der Waals surface area contributed by atoms with Crippen molar-refractivity contribution in [2.45, 2.75) is 66.3 Å². The standard InChI is InChI=1S/C27H40N2O3/c1-6-19(4)24(30)16-23(18(2)3)26(31)29-17-20(5)22-13-15-28(27(32)25(22)29)14-12-21-10-8-7-9-11-21/h7-11,18-20,22-23,25H,6,12-17H2,1-5H3/t19-,20-,22+,23+,25-/m1/s1. The molecule has 32 heavy (non-hydrogen) atoms. The quantitative estimate of drug-likeness (QED) is 0.578. The van der Waals surface area contributed by atoms with Crippen LogP contribution >= 0.6 is 0 Å². The summed E-state index contributed by atoms with van der Waals surface area (Å²) in [6.45, 7) is 12.2. The molecule has 5 atom stereocenters. The van der Waals surface area contributed by atoms with Crippen LogP contribution in [0.4, 0.5) is 0 Å². The Balaban J connectivity index is 1.73. The number of amides is 2. The molecule has 5 heteroatoms. The molecule has 3 rings (SSSR count). The first kappa shape index (κ1) is 24.5. The number of nitrogens with zero attached hydrogens (tertiary/aromatic N) is 2. The summed E-state index contributed by atoms with van der Waals surface area (Å²) in [5, 5.41) is 0. The highest BCUT2D eigenvalue weighted by Gasteiger charge is 2.50. The number of carbonyl (C=O) groups is 3. The molecule has 2 saturated heterocycles. The Morgan fingerprint density at radius 1 is 1.12 bits per heavy atom. The highest BCUT2D eigenvalue weighted by atomic mass is 16.2.